The maximum atomic E-state index is 11.7. The average Bonchev–Trinajstić information content (AvgIpc) is 2.95. The Bertz CT molecular complexity index is 1640. The highest BCUT2D eigenvalue weighted by molar-refractivity contribution is 6.04. The van der Waals surface area contributed by atoms with E-state index in [0.717, 1.165) is 36.4 Å². The Morgan fingerprint density at radius 2 is 0.571 bits per heavy atom. The van der Waals surface area contributed by atoms with Crippen LogP contribution >= 0.6 is 0 Å². The summed E-state index contributed by atoms with van der Waals surface area (Å²) < 4.78 is 0. The van der Waals surface area contributed by atoms with Gasteiger partial charge in [0, 0.05) is 16.7 Å². The number of hydrogen-bond donors (Lipinski definition) is 6. The van der Waals surface area contributed by atoms with Crippen LogP contribution in [-0.4, -0.2) is 81.4 Å². The van der Waals surface area contributed by atoms with Crippen LogP contribution in [0.2, 0.25) is 0 Å². The number of carboxylic acids is 6. The van der Waals surface area contributed by atoms with E-state index >= 15 is 0 Å². The zero-order valence-electron chi connectivity index (χ0n) is 20.7. The first kappa shape index (κ1) is 28.5. The summed E-state index contributed by atoms with van der Waals surface area (Å²) in [4.78, 5) is 82.4. The van der Waals surface area contributed by atoms with Gasteiger partial charge in [0.2, 0.25) is 0 Å². The Balaban J connectivity index is 2.02. The van der Waals surface area contributed by atoms with Gasteiger partial charge in [-0.2, -0.15) is 0 Å². The number of nitrogens with zero attached hydrogens (tertiary/aromatic N) is 3. The lowest BCUT2D eigenvalue weighted by atomic mass is 10.0. The largest absolute Gasteiger partial charge is 0.478 e. The van der Waals surface area contributed by atoms with Crippen LogP contribution in [0.15, 0.2) is 54.6 Å². The minimum atomic E-state index is -1.57. The molecule has 0 radical (unpaired) electrons. The van der Waals surface area contributed by atoms with Gasteiger partial charge in [0.15, 0.2) is 17.5 Å². The lowest BCUT2D eigenvalue weighted by Crippen LogP contribution is -2.10. The maximum Gasteiger partial charge on any atom is 0.336 e. The van der Waals surface area contributed by atoms with Crippen LogP contribution in [0.25, 0.3) is 34.2 Å². The molecule has 0 unspecified atom stereocenters. The second-order valence-corrected chi connectivity index (χ2v) is 8.42. The molecule has 0 saturated heterocycles. The van der Waals surface area contributed by atoms with Crippen molar-refractivity contribution in [1.82, 2.24) is 15.0 Å². The third-order valence-corrected chi connectivity index (χ3v) is 5.85. The van der Waals surface area contributed by atoms with Gasteiger partial charge in [-0.3, -0.25) is 0 Å². The fraction of sp³-hybridized carbons (Fsp3) is 0. The predicted molar refractivity (Wildman–Crippen MR) is 138 cm³/mol. The number of aromatic nitrogens is 3. The third kappa shape index (κ3) is 5.46. The maximum absolute atomic E-state index is 11.7. The van der Waals surface area contributed by atoms with E-state index in [0.29, 0.717) is 0 Å². The first-order valence-corrected chi connectivity index (χ1v) is 11.4. The Morgan fingerprint density at radius 1 is 0.357 bits per heavy atom. The summed E-state index contributed by atoms with van der Waals surface area (Å²) in [5.41, 5.74) is -3.51. The molecule has 15 nitrogen and oxygen atoms in total. The van der Waals surface area contributed by atoms with Gasteiger partial charge >= 0.3 is 35.8 Å². The standard InChI is InChI=1S/C27H15N3O12/c31-22(32)13-4-1-10(7-16(13)25(37)38)19-28-20(11-2-5-14(23(33)34)17(8-11)26(39)40)30-21(29-19)12-3-6-15(24(35)36)18(9-12)27(41)42/h1-9H,(H,31,32)(H,33,34)(H,35,36)(H,37,38)(H,39,40)(H,41,42). The second kappa shape index (κ2) is 10.9. The summed E-state index contributed by atoms with van der Waals surface area (Å²) in [5, 5.41) is 56.6. The third-order valence-electron chi connectivity index (χ3n) is 5.85. The minimum absolute atomic E-state index is 0.0245. The van der Waals surface area contributed by atoms with E-state index in [2.05, 4.69) is 15.0 Å². The fourth-order valence-electron chi connectivity index (χ4n) is 3.90. The van der Waals surface area contributed by atoms with Crippen LogP contribution in [0.1, 0.15) is 62.1 Å². The molecule has 4 aromatic rings. The van der Waals surface area contributed by atoms with Gasteiger partial charge in [-0.25, -0.2) is 43.7 Å². The molecule has 42 heavy (non-hydrogen) atoms. The number of carboxylic acid groups (broad SMARTS) is 6. The number of rotatable bonds is 9. The molecule has 0 atom stereocenters. The molecule has 0 spiro atoms. The zero-order valence-corrected chi connectivity index (χ0v) is 20.7. The summed E-state index contributed by atoms with van der Waals surface area (Å²) in [5.74, 6) is -10.0. The van der Waals surface area contributed by atoms with E-state index in [-0.39, 0.29) is 34.2 Å². The van der Waals surface area contributed by atoms with Crippen molar-refractivity contribution < 1.29 is 59.4 Å². The SMILES string of the molecule is O=C(O)c1ccc(-c2nc(-c3ccc(C(=O)O)c(C(=O)O)c3)nc(-c3ccc(C(=O)O)c(C(=O)O)c3)n2)cc1C(=O)O. The molecule has 0 amide bonds. The lowest BCUT2D eigenvalue weighted by molar-refractivity contribution is 0.0651. The zero-order chi connectivity index (χ0) is 30.9. The Morgan fingerprint density at radius 3 is 0.762 bits per heavy atom. The number of aromatic carboxylic acids is 6. The summed E-state index contributed by atoms with van der Waals surface area (Å²) >= 11 is 0. The fourth-order valence-corrected chi connectivity index (χ4v) is 3.90. The van der Waals surface area contributed by atoms with E-state index < -0.39 is 69.2 Å². The Kier molecular flexibility index (Phi) is 7.42. The van der Waals surface area contributed by atoms with E-state index in [1.165, 1.54) is 18.2 Å². The number of hydrogen-bond acceptors (Lipinski definition) is 9. The highest BCUT2D eigenvalue weighted by Gasteiger charge is 2.23. The molecule has 1 heterocycles. The van der Waals surface area contributed by atoms with Crippen LogP contribution in [0.4, 0.5) is 0 Å². The topological polar surface area (TPSA) is 262 Å². The van der Waals surface area contributed by atoms with Crippen molar-refractivity contribution in [2.75, 3.05) is 0 Å². The van der Waals surface area contributed by atoms with E-state index in [4.69, 9.17) is 0 Å². The highest BCUT2D eigenvalue weighted by Crippen LogP contribution is 2.28. The summed E-state index contributed by atoms with van der Waals surface area (Å²) in [6.45, 7) is 0. The molecule has 15 heteroatoms. The predicted octanol–water partition coefficient (Wildman–Crippen LogP) is 3.06. The van der Waals surface area contributed by atoms with Gasteiger partial charge < -0.3 is 30.6 Å². The average molecular weight is 573 g/mol. The molecule has 0 aliphatic carbocycles. The van der Waals surface area contributed by atoms with Gasteiger partial charge in [0.05, 0.1) is 33.4 Å². The first-order valence-electron chi connectivity index (χ1n) is 11.4. The van der Waals surface area contributed by atoms with Crippen molar-refractivity contribution in [3.05, 3.63) is 88.0 Å². The van der Waals surface area contributed by atoms with Gasteiger partial charge in [0.1, 0.15) is 0 Å². The molecular formula is C27H15N3O12. The first-order chi connectivity index (χ1) is 19.8. The van der Waals surface area contributed by atoms with E-state index in [1.807, 2.05) is 0 Å². The van der Waals surface area contributed by atoms with E-state index in [9.17, 15) is 59.4 Å². The molecule has 6 N–H and O–H groups in total. The Labute approximate surface area is 232 Å². The van der Waals surface area contributed by atoms with Crippen molar-refractivity contribution in [3.63, 3.8) is 0 Å². The molecule has 3 aromatic carbocycles. The summed E-state index contributed by atoms with van der Waals surface area (Å²) in [7, 11) is 0. The van der Waals surface area contributed by atoms with E-state index in [1.54, 1.807) is 0 Å². The Hall–Kier alpha value is -6.51. The van der Waals surface area contributed by atoms with Crippen LogP contribution in [0, 0.1) is 0 Å². The van der Waals surface area contributed by atoms with Gasteiger partial charge in [-0.1, -0.05) is 18.2 Å². The minimum Gasteiger partial charge on any atom is -0.478 e. The monoisotopic (exact) mass is 573 g/mol. The number of carbonyl (C=O) groups is 6. The second-order valence-electron chi connectivity index (χ2n) is 8.42. The smallest absolute Gasteiger partial charge is 0.336 e. The molecular weight excluding hydrogens is 558 g/mol. The van der Waals surface area contributed by atoms with Crippen LogP contribution in [0.3, 0.4) is 0 Å². The number of benzene rings is 3. The van der Waals surface area contributed by atoms with Gasteiger partial charge in [0.25, 0.3) is 0 Å². The van der Waals surface area contributed by atoms with Crippen molar-refractivity contribution in [3.8, 4) is 34.2 Å². The van der Waals surface area contributed by atoms with Crippen molar-refractivity contribution >= 4 is 35.8 Å². The normalized spacial score (nSPS) is 10.6. The van der Waals surface area contributed by atoms with Crippen molar-refractivity contribution in [2.24, 2.45) is 0 Å². The highest BCUT2D eigenvalue weighted by atomic mass is 16.4. The van der Waals surface area contributed by atoms with Gasteiger partial charge in [-0.15, -0.1) is 0 Å². The molecule has 0 saturated carbocycles. The molecule has 0 aliphatic heterocycles. The van der Waals surface area contributed by atoms with Crippen molar-refractivity contribution in [1.29, 1.82) is 0 Å². The summed E-state index contributed by atoms with van der Waals surface area (Å²) in [6.07, 6.45) is 0. The van der Waals surface area contributed by atoms with Crippen molar-refractivity contribution in [2.45, 2.75) is 0 Å². The molecule has 1 aromatic heterocycles. The van der Waals surface area contributed by atoms with Crippen LogP contribution in [-0.2, 0) is 0 Å². The molecule has 210 valence electrons. The lowest BCUT2D eigenvalue weighted by Gasteiger charge is -2.11. The quantitative estimate of drug-likeness (QED) is 0.168. The molecule has 4 rings (SSSR count). The van der Waals surface area contributed by atoms with Gasteiger partial charge in [-0.05, 0) is 36.4 Å². The van der Waals surface area contributed by atoms with Crippen LogP contribution < -0.4 is 0 Å². The van der Waals surface area contributed by atoms with Crippen LogP contribution in [0.5, 0.6) is 0 Å². The molecule has 0 aliphatic rings. The molecule has 0 fully saturated rings. The molecule has 0 bridgehead atoms. The summed E-state index contributed by atoms with van der Waals surface area (Å²) in [6, 6.07) is 9.51.